The molecule has 0 spiro atoms. The van der Waals surface area contributed by atoms with E-state index >= 15 is 0 Å². The van der Waals surface area contributed by atoms with E-state index in [4.69, 9.17) is 9.47 Å². The zero-order valence-electron chi connectivity index (χ0n) is 19.1. The summed E-state index contributed by atoms with van der Waals surface area (Å²) in [6, 6.07) is 12.7. The van der Waals surface area contributed by atoms with Gasteiger partial charge in [0, 0.05) is 23.1 Å². The molecule has 4 rings (SSSR count). The molecule has 1 heterocycles. The van der Waals surface area contributed by atoms with E-state index in [-0.39, 0.29) is 11.8 Å². The Hall–Kier alpha value is -3.67. The molecule has 170 valence electrons. The van der Waals surface area contributed by atoms with E-state index in [0.29, 0.717) is 46.4 Å². The van der Waals surface area contributed by atoms with Crippen LogP contribution in [0.25, 0.3) is 21.9 Å². The summed E-state index contributed by atoms with van der Waals surface area (Å²) in [5, 5.41) is 1.45. The molecule has 0 radical (unpaired) electrons. The molecule has 1 aliphatic rings. The van der Waals surface area contributed by atoms with Gasteiger partial charge in [-0.3, -0.25) is 19.3 Å². The summed E-state index contributed by atoms with van der Waals surface area (Å²) in [6.45, 7) is 2.56. The summed E-state index contributed by atoms with van der Waals surface area (Å²) < 4.78 is 10.8. The molecule has 0 aromatic heterocycles. The summed E-state index contributed by atoms with van der Waals surface area (Å²) in [7, 11) is 2.99. The van der Waals surface area contributed by atoms with Gasteiger partial charge in [-0.1, -0.05) is 44.4 Å². The highest BCUT2D eigenvalue weighted by atomic mass is 16.5. The fourth-order valence-corrected chi connectivity index (χ4v) is 4.51. The number of rotatable bonds is 9. The van der Waals surface area contributed by atoms with Gasteiger partial charge in [0.2, 0.25) is 0 Å². The van der Waals surface area contributed by atoms with Crippen molar-refractivity contribution in [1.29, 1.82) is 0 Å². The van der Waals surface area contributed by atoms with Crippen LogP contribution in [0.15, 0.2) is 42.5 Å². The van der Waals surface area contributed by atoms with Gasteiger partial charge in [-0.15, -0.1) is 0 Å². The standard InChI is InChI=1S/C27H27NO5/c1-4-5-6-7-13-28-26(30)20-10-8-9-19-18(11-12-21(25(19)20)27(28)31)17-14-23(32-2)22(16-29)24(15-17)33-3/h8-12,14-16H,4-7,13H2,1-3H3. The molecule has 0 atom stereocenters. The zero-order valence-corrected chi connectivity index (χ0v) is 19.1. The molecule has 0 unspecified atom stereocenters. The summed E-state index contributed by atoms with van der Waals surface area (Å²) in [6.07, 6.45) is 4.67. The van der Waals surface area contributed by atoms with Crippen molar-refractivity contribution in [1.82, 2.24) is 4.90 Å². The van der Waals surface area contributed by atoms with Gasteiger partial charge in [-0.05, 0) is 47.2 Å². The van der Waals surface area contributed by atoms with E-state index in [1.165, 1.54) is 19.1 Å². The van der Waals surface area contributed by atoms with Crippen LogP contribution in [0, 0.1) is 0 Å². The van der Waals surface area contributed by atoms with Crippen molar-refractivity contribution in [2.24, 2.45) is 0 Å². The van der Waals surface area contributed by atoms with Crippen molar-refractivity contribution in [2.75, 3.05) is 20.8 Å². The number of ether oxygens (including phenoxy) is 2. The van der Waals surface area contributed by atoms with Gasteiger partial charge >= 0.3 is 0 Å². The SMILES string of the molecule is CCCCCCN1C(=O)c2cccc3c(-c4cc(OC)c(C=O)c(OC)c4)ccc(c23)C1=O. The minimum absolute atomic E-state index is 0.252. The third-order valence-corrected chi connectivity index (χ3v) is 6.20. The maximum Gasteiger partial charge on any atom is 0.261 e. The van der Waals surface area contributed by atoms with Crippen LogP contribution < -0.4 is 9.47 Å². The highest BCUT2D eigenvalue weighted by molar-refractivity contribution is 6.27. The number of imide groups is 1. The topological polar surface area (TPSA) is 72.9 Å². The predicted molar refractivity (Wildman–Crippen MR) is 127 cm³/mol. The fraction of sp³-hybridized carbons (Fsp3) is 0.296. The molecule has 6 heteroatoms. The summed E-state index contributed by atoms with van der Waals surface area (Å²) in [5.74, 6) is 0.284. The molecule has 3 aromatic carbocycles. The smallest absolute Gasteiger partial charge is 0.261 e. The molecule has 0 bridgehead atoms. The first kappa shape index (κ1) is 22.5. The predicted octanol–water partition coefficient (Wildman–Crippen LogP) is 5.51. The van der Waals surface area contributed by atoms with E-state index < -0.39 is 0 Å². The Labute approximate surface area is 193 Å². The number of carbonyl (C=O) groups is 3. The van der Waals surface area contributed by atoms with Crippen LogP contribution in [0.5, 0.6) is 11.5 Å². The number of aldehydes is 1. The van der Waals surface area contributed by atoms with Crippen molar-refractivity contribution in [3.05, 3.63) is 59.2 Å². The number of hydrogen-bond acceptors (Lipinski definition) is 5. The number of hydrogen-bond donors (Lipinski definition) is 0. The van der Waals surface area contributed by atoms with Crippen LogP contribution in [0.2, 0.25) is 0 Å². The lowest BCUT2D eigenvalue weighted by Crippen LogP contribution is -2.40. The van der Waals surface area contributed by atoms with E-state index in [1.807, 2.05) is 18.2 Å². The number of benzene rings is 3. The van der Waals surface area contributed by atoms with Crippen LogP contribution in [0.3, 0.4) is 0 Å². The summed E-state index contributed by atoms with van der Waals surface area (Å²) in [5.41, 5.74) is 2.97. The average Bonchev–Trinajstić information content (AvgIpc) is 2.85. The van der Waals surface area contributed by atoms with Crippen molar-refractivity contribution in [2.45, 2.75) is 32.6 Å². The molecular formula is C27H27NO5. The number of methoxy groups -OCH3 is 2. The lowest BCUT2D eigenvalue weighted by atomic mass is 9.88. The molecule has 1 aliphatic heterocycles. The highest BCUT2D eigenvalue weighted by Gasteiger charge is 2.33. The Morgan fingerprint density at radius 2 is 1.48 bits per heavy atom. The zero-order chi connectivity index (χ0) is 23.5. The van der Waals surface area contributed by atoms with Gasteiger partial charge < -0.3 is 9.47 Å². The van der Waals surface area contributed by atoms with Gasteiger partial charge in [0.1, 0.15) is 11.5 Å². The van der Waals surface area contributed by atoms with Gasteiger partial charge in [0.05, 0.1) is 19.8 Å². The van der Waals surface area contributed by atoms with Crippen LogP contribution in [0.4, 0.5) is 0 Å². The van der Waals surface area contributed by atoms with Crippen molar-refractivity contribution in [3.63, 3.8) is 0 Å². The molecule has 0 saturated carbocycles. The molecule has 0 N–H and O–H groups in total. The number of carbonyl (C=O) groups excluding carboxylic acids is 3. The maximum atomic E-state index is 13.2. The first-order chi connectivity index (χ1) is 16.0. The van der Waals surface area contributed by atoms with Gasteiger partial charge in [-0.2, -0.15) is 0 Å². The monoisotopic (exact) mass is 445 g/mol. The Morgan fingerprint density at radius 1 is 0.848 bits per heavy atom. The number of amides is 2. The second-order valence-electron chi connectivity index (χ2n) is 8.12. The normalized spacial score (nSPS) is 12.9. The van der Waals surface area contributed by atoms with Crippen molar-refractivity contribution in [3.8, 4) is 22.6 Å². The van der Waals surface area contributed by atoms with Crippen LogP contribution >= 0.6 is 0 Å². The van der Waals surface area contributed by atoms with E-state index in [1.54, 1.807) is 24.3 Å². The number of unbranched alkanes of at least 4 members (excludes halogenated alkanes) is 3. The Kier molecular flexibility index (Phi) is 6.45. The van der Waals surface area contributed by atoms with Crippen LogP contribution in [-0.2, 0) is 0 Å². The molecular weight excluding hydrogens is 418 g/mol. The largest absolute Gasteiger partial charge is 0.496 e. The summed E-state index contributed by atoms with van der Waals surface area (Å²) >= 11 is 0. The second-order valence-corrected chi connectivity index (χ2v) is 8.12. The van der Waals surface area contributed by atoms with Crippen molar-refractivity contribution < 1.29 is 23.9 Å². The number of nitrogens with zero attached hydrogens (tertiary/aromatic N) is 1. The third kappa shape index (κ3) is 3.86. The minimum Gasteiger partial charge on any atom is -0.496 e. The molecule has 0 saturated heterocycles. The minimum atomic E-state index is -0.252. The molecule has 0 fully saturated rings. The Morgan fingerprint density at radius 3 is 2.09 bits per heavy atom. The molecule has 2 amide bonds. The molecule has 3 aromatic rings. The van der Waals surface area contributed by atoms with E-state index in [9.17, 15) is 14.4 Å². The van der Waals surface area contributed by atoms with Gasteiger partial charge in [0.25, 0.3) is 11.8 Å². The van der Waals surface area contributed by atoms with Gasteiger partial charge in [0.15, 0.2) is 6.29 Å². The maximum absolute atomic E-state index is 13.2. The van der Waals surface area contributed by atoms with E-state index in [2.05, 4.69) is 6.92 Å². The Bertz CT molecular complexity index is 1200. The lowest BCUT2D eigenvalue weighted by Gasteiger charge is -2.28. The molecule has 33 heavy (non-hydrogen) atoms. The molecule has 0 aliphatic carbocycles. The van der Waals surface area contributed by atoms with Crippen molar-refractivity contribution >= 4 is 28.9 Å². The first-order valence-corrected chi connectivity index (χ1v) is 11.2. The molecule has 6 nitrogen and oxygen atoms in total. The average molecular weight is 446 g/mol. The first-order valence-electron chi connectivity index (χ1n) is 11.2. The Balaban J connectivity index is 1.84. The lowest BCUT2D eigenvalue weighted by molar-refractivity contribution is 0.0607. The third-order valence-electron chi connectivity index (χ3n) is 6.20. The quantitative estimate of drug-likeness (QED) is 0.247. The second kappa shape index (κ2) is 9.45. The highest BCUT2D eigenvalue weighted by Crippen LogP contribution is 2.40. The van der Waals surface area contributed by atoms with Crippen LogP contribution in [-0.4, -0.2) is 43.8 Å². The van der Waals surface area contributed by atoms with Crippen LogP contribution in [0.1, 0.15) is 63.7 Å². The van der Waals surface area contributed by atoms with Gasteiger partial charge in [-0.25, -0.2) is 0 Å². The fourth-order valence-electron chi connectivity index (χ4n) is 4.51. The van der Waals surface area contributed by atoms with E-state index in [0.717, 1.165) is 42.2 Å². The summed E-state index contributed by atoms with van der Waals surface area (Å²) in [4.78, 5) is 39.4.